The molecule has 1 heteroatoms. The van der Waals surface area contributed by atoms with Crippen molar-refractivity contribution in [1.82, 2.24) is 0 Å². The van der Waals surface area contributed by atoms with E-state index in [0.29, 0.717) is 5.76 Å². The zero-order valence-electron chi connectivity index (χ0n) is 25.9. The van der Waals surface area contributed by atoms with Crippen molar-refractivity contribution in [2.45, 2.75) is 206 Å². The van der Waals surface area contributed by atoms with Crippen molar-refractivity contribution >= 4 is 0 Å². The third-order valence-corrected chi connectivity index (χ3v) is 7.88. The first-order valence-electron chi connectivity index (χ1n) is 17.3. The van der Waals surface area contributed by atoms with Gasteiger partial charge in [-0.2, -0.15) is 0 Å². The van der Waals surface area contributed by atoms with Crippen LogP contribution in [0, 0.1) is 0 Å². The lowest BCUT2D eigenvalue weighted by molar-refractivity contribution is 0.376. The van der Waals surface area contributed by atoms with E-state index in [2.05, 4.69) is 32.1 Å². The molecule has 0 amide bonds. The Labute approximate surface area is 235 Å². The van der Waals surface area contributed by atoms with Gasteiger partial charge in [0.2, 0.25) is 0 Å². The topological polar surface area (TPSA) is 20.2 Å². The molecule has 0 bridgehead atoms. The third-order valence-electron chi connectivity index (χ3n) is 7.88. The molecule has 37 heavy (non-hydrogen) atoms. The first-order valence-corrected chi connectivity index (χ1v) is 17.3. The number of aliphatic hydroxyl groups excluding tert-OH is 1. The van der Waals surface area contributed by atoms with Gasteiger partial charge in [-0.1, -0.05) is 167 Å². The van der Waals surface area contributed by atoms with Gasteiger partial charge in [-0.15, -0.1) is 0 Å². The summed E-state index contributed by atoms with van der Waals surface area (Å²) < 4.78 is 0. The SMILES string of the molecule is CCCCCCCC/C=C\CCCCCCCC/C(O)=C/CCCCCCCCCCCCCCCC. The minimum atomic E-state index is 0.644. The molecule has 0 aromatic carbocycles. The van der Waals surface area contributed by atoms with Crippen LogP contribution in [0.3, 0.4) is 0 Å². The molecule has 1 N–H and O–H groups in total. The molecule has 0 atom stereocenters. The summed E-state index contributed by atoms with van der Waals surface area (Å²) in [5.74, 6) is 0.644. The predicted octanol–water partition coefficient (Wildman–Crippen LogP) is 13.7. The molecule has 0 saturated heterocycles. The summed E-state index contributed by atoms with van der Waals surface area (Å²) in [5.41, 5.74) is 0. The second kappa shape index (κ2) is 33.3. The summed E-state index contributed by atoms with van der Waals surface area (Å²) in [4.78, 5) is 0. The highest BCUT2D eigenvalue weighted by Crippen LogP contribution is 2.15. The molecule has 0 heterocycles. The summed E-state index contributed by atoms with van der Waals surface area (Å²) in [6.45, 7) is 4.58. The minimum absolute atomic E-state index is 0.644. The van der Waals surface area contributed by atoms with Gasteiger partial charge in [-0.3, -0.25) is 0 Å². The lowest BCUT2D eigenvalue weighted by Gasteiger charge is -2.03. The summed E-state index contributed by atoms with van der Waals surface area (Å²) in [6.07, 6.45) is 47.3. The van der Waals surface area contributed by atoms with Crippen LogP contribution in [0.15, 0.2) is 24.0 Å². The van der Waals surface area contributed by atoms with Gasteiger partial charge in [-0.25, -0.2) is 0 Å². The van der Waals surface area contributed by atoms with Gasteiger partial charge in [0.05, 0.1) is 5.76 Å². The molecule has 0 unspecified atom stereocenters. The Balaban J connectivity index is 3.25. The summed E-state index contributed by atoms with van der Waals surface area (Å²) in [6, 6.07) is 0. The average Bonchev–Trinajstić information content (AvgIpc) is 2.90. The van der Waals surface area contributed by atoms with Gasteiger partial charge >= 0.3 is 0 Å². The monoisotopic (exact) mass is 519 g/mol. The number of allylic oxidation sites excluding steroid dienone is 4. The summed E-state index contributed by atoms with van der Waals surface area (Å²) in [5, 5.41) is 10.1. The van der Waals surface area contributed by atoms with Gasteiger partial charge in [0.25, 0.3) is 0 Å². The number of aliphatic hydroxyl groups is 1. The highest BCUT2D eigenvalue weighted by molar-refractivity contribution is 4.90. The number of hydrogen-bond donors (Lipinski definition) is 1. The fourth-order valence-electron chi connectivity index (χ4n) is 5.26. The minimum Gasteiger partial charge on any atom is -0.513 e. The lowest BCUT2D eigenvalue weighted by atomic mass is 10.0. The van der Waals surface area contributed by atoms with Crippen LogP contribution in [0.4, 0.5) is 0 Å². The van der Waals surface area contributed by atoms with Crippen molar-refractivity contribution in [2.24, 2.45) is 0 Å². The van der Waals surface area contributed by atoms with Crippen LogP contribution in [0.2, 0.25) is 0 Å². The molecule has 0 spiro atoms. The molecule has 0 aliphatic rings. The van der Waals surface area contributed by atoms with Crippen molar-refractivity contribution in [2.75, 3.05) is 0 Å². The third kappa shape index (κ3) is 33.3. The number of hydrogen-bond acceptors (Lipinski definition) is 1. The average molecular weight is 519 g/mol. The molecular formula is C36H70O. The van der Waals surface area contributed by atoms with Crippen molar-refractivity contribution in [3.63, 3.8) is 0 Å². The highest BCUT2D eigenvalue weighted by atomic mass is 16.3. The highest BCUT2D eigenvalue weighted by Gasteiger charge is 1.97. The largest absolute Gasteiger partial charge is 0.513 e. The Bertz CT molecular complexity index is 463. The Morgan fingerprint density at radius 3 is 1.05 bits per heavy atom. The van der Waals surface area contributed by atoms with Gasteiger partial charge in [0.15, 0.2) is 0 Å². The smallest absolute Gasteiger partial charge is 0.0882 e. The first-order chi connectivity index (χ1) is 18.3. The van der Waals surface area contributed by atoms with E-state index in [4.69, 9.17) is 0 Å². The van der Waals surface area contributed by atoms with Gasteiger partial charge in [0.1, 0.15) is 0 Å². The van der Waals surface area contributed by atoms with Gasteiger partial charge < -0.3 is 5.11 Å². The van der Waals surface area contributed by atoms with Crippen LogP contribution in [0.5, 0.6) is 0 Å². The van der Waals surface area contributed by atoms with E-state index >= 15 is 0 Å². The first kappa shape index (κ1) is 36.3. The molecule has 0 fully saturated rings. The maximum Gasteiger partial charge on any atom is 0.0882 e. The Morgan fingerprint density at radius 2 is 0.676 bits per heavy atom. The van der Waals surface area contributed by atoms with Crippen LogP contribution in [-0.4, -0.2) is 5.11 Å². The van der Waals surface area contributed by atoms with Crippen LogP contribution in [0.25, 0.3) is 0 Å². The number of rotatable bonds is 31. The van der Waals surface area contributed by atoms with Crippen LogP contribution in [-0.2, 0) is 0 Å². The van der Waals surface area contributed by atoms with Crippen LogP contribution in [0.1, 0.15) is 206 Å². The molecule has 0 aromatic heterocycles. The van der Waals surface area contributed by atoms with Crippen LogP contribution < -0.4 is 0 Å². The van der Waals surface area contributed by atoms with E-state index < -0.39 is 0 Å². The Hall–Kier alpha value is -0.720. The molecular weight excluding hydrogens is 448 g/mol. The summed E-state index contributed by atoms with van der Waals surface area (Å²) >= 11 is 0. The van der Waals surface area contributed by atoms with Crippen molar-refractivity contribution in [1.29, 1.82) is 0 Å². The molecule has 0 saturated carbocycles. The maximum absolute atomic E-state index is 10.1. The van der Waals surface area contributed by atoms with E-state index in [1.807, 2.05) is 0 Å². The van der Waals surface area contributed by atoms with E-state index in [9.17, 15) is 5.11 Å². The molecule has 1 nitrogen and oxygen atoms in total. The van der Waals surface area contributed by atoms with E-state index in [1.54, 1.807) is 0 Å². The van der Waals surface area contributed by atoms with E-state index in [-0.39, 0.29) is 0 Å². The number of unbranched alkanes of at least 4 members (excludes halogenated alkanes) is 26. The van der Waals surface area contributed by atoms with E-state index in [0.717, 1.165) is 19.3 Å². The lowest BCUT2D eigenvalue weighted by Crippen LogP contribution is -1.86. The zero-order valence-corrected chi connectivity index (χ0v) is 25.9. The van der Waals surface area contributed by atoms with E-state index in [1.165, 1.54) is 173 Å². The van der Waals surface area contributed by atoms with Gasteiger partial charge in [0, 0.05) is 6.42 Å². The molecule has 220 valence electrons. The second-order valence-corrected chi connectivity index (χ2v) is 11.8. The fourth-order valence-corrected chi connectivity index (χ4v) is 5.26. The van der Waals surface area contributed by atoms with Crippen molar-refractivity contribution in [3.8, 4) is 0 Å². The molecule has 0 aliphatic heterocycles. The zero-order chi connectivity index (χ0) is 26.9. The predicted molar refractivity (Wildman–Crippen MR) is 170 cm³/mol. The fraction of sp³-hybridized carbons (Fsp3) is 0.889. The molecule has 0 aliphatic carbocycles. The molecule has 0 radical (unpaired) electrons. The molecule has 0 aromatic rings. The standard InChI is InChI=1S/C36H70O/c1-3-5-7-9-11-13-15-17-19-21-23-25-27-29-31-33-35-36(37)34-32-30-28-26-24-22-20-18-16-14-12-10-8-6-4-2/h17,19,34,37H,3-16,18,20-33,35H2,1-2H3/b19-17-,36-34-. The van der Waals surface area contributed by atoms with Crippen LogP contribution >= 0.6 is 0 Å². The Kier molecular flexibility index (Phi) is 32.7. The second-order valence-electron chi connectivity index (χ2n) is 11.8. The quantitative estimate of drug-likeness (QED) is 0.0549. The maximum atomic E-state index is 10.1. The summed E-state index contributed by atoms with van der Waals surface area (Å²) in [7, 11) is 0. The van der Waals surface area contributed by atoms with Crippen molar-refractivity contribution in [3.05, 3.63) is 24.0 Å². The normalized spacial score (nSPS) is 12.2. The Morgan fingerprint density at radius 1 is 0.378 bits per heavy atom. The van der Waals surface area contributed by atoms with Crippen molar-refractivity contribution < 1.29 is 5.11 Å². The van der Waals surface area contributed by atoms with Gasteiger partial charge in [-0.05, 0) is 51.0 Å². The molecule has 0 rings (SSSR count).